The van der Waals surface area contributed by atoms with E-state index in [0.29, 0.717) is 0 Å². The largest absolute Gasteiger partial charge is 0.0805 e. The van der Waals surface area contributed by atoms with Gasteiger partial charge in [-0.05, 0) is 33.6 Å². The van der Waals surface area contributed by atoms with E-state index in [9.17, 15) is 0 Å². The van der Waals surface area contributed by atoms with Crippen LogP contribution in [0.1, 0.15) is 32.3 Å². The van der Waals surface area contributed by atoms with E-state index in [0.717, 1.165) is 6.42 Å². The van der Waals surface area contributed by atoms with Crippen LogP contribution in [0.5, 0.6) is 0 Å². The zero-order chi connectivity index (χ0) is 13.9. The fourth-order valence-corrected chi connectivity index (χ4v) is 1.66. The Kier molecular flexibility index (Phi) is 7.34. The summed E-state index contributed by atoms with van der Waals surface area (Å²) in [7, 11) is 0. The van der Waals surface area contributed by atoms with E-state index < -0.39 is 0 Å². The zero-order valence-electron chi connectivity index (χ0n) is 12.3. The zero-order valence-corrected chi connectivity index (χ0v) is 12.3. The second-order valence-electron chi connectivity index (χ2n) is 4.89. The van der Waals surface area contributed by atoms with Gasteiger partial charge in [-0.3, -0.25) is 0 Å². The molecule has 0 fully saturated rings. The lowest BCUT2D eigenvalue weighted by molar-refractivity contribution is 1.25. The van der Waals surface area contributed by atoms with E-state index in [1.807, 2.05) is 18.2 Å². The van der Waals surface area contributed by atoms with Crippen LogP contribution in [0.4, 0.5) is 0 Å². The summed E-state index contributed by atoms with van der Waals surface area (Å²) in [6, 6.07) is 10.3. The molecule has 1 aromatic carbocycles. The molecule has 0 bridgehead atoms. The Labute approximate surface area is 117 Å². The van der Waals surface area contributed by atoms with Gasteiger partial charge < -0.3 is 0 Å². The van der Waals surface area contributed by atoms with Crippen LogP contribution in [0.2, 0.25) is 0 Å². The molecule has 1 aromatic rings. The molecule has 0 saturated carbocycles. The molecule has 2 aliphatic carbocycles. The molecule has 0 atom stereocenters. The van der Waals surface area contributed by atoms with Gasteiger partial charge in [0.05, 0.1) is 0 Å². The number of aryl methyl sites for hydroxylation is 1. The third kappa shape index (κ3) is 7.99. The average molecular weight is 252 g/mol. The van der Waals surface area contributed by atoms with Gasteiger partial charge in [0.15, 0.2) is 0 Å². The van der Waals surface area contributed by atoms with Crippen LogP contribution in [-0.4, -0.2) is 0 Å². The van der Waals surface area contributed by atoms with Crippen molar-refractivity contribution in [3.05, 3.63) is 83.5 Å². The van der Waals surface area contributed by atoms with Crippen molar-refractivity contribution in [2.75, 3.05) is 0 Å². The lowest BCUT2D eigenvalue weighted by atomic mass is 10.2. The fraction of sp³-hybridized carbons (Fsp3) is 0.263. The molecule has 0 spiro atoms. The van der Waals surface area contributed by atoms with E-state index in [2.05, 4.69) is 69.4 Å². The van der Waals surface area contributed by atoms with Crippen molar-refractivity contribution in [1.29, 1.82) is 0 Å². The lowest BCUT2D eigenvalue weighted by Gasteiger charge is -1.82. The minimum atomic E-state index is 1.14. The molecule has 0 amide bonds. The number of allylic oxidation sites excluding steroid dienone is 8. The highest BCUT2D eigenvalue weighted by molar-refractivity contribution is 5.23. The van der Waals surface area contributed by atoms with Gasteiger partial charge in [0, 0.05) is 0 Å². The standard InChI is InChI=1S/C7H8.2C6H8/c1-7-5-3-2-4-6-7;2*1-6-4-2-3-5-6/h2-6H,1H3;2,4-5H,3H2,1H3;2-4H,5H2,1H3. The van der Waals surface area contributed by atoms with Gasteiger partial charge >= 0.3 is 0 Å². The van der Waals surface area contributed by atoms with Crippen LogP contribution in [0, 0.1) is 6.92 Å². The summed E-state index contributed by atoms with van der Waals surface area (Å²) in [6.45, 7) is 6.34. The number of rotatable bonds is 0. The summed E-state index contributed by atoms with van der Waals surface area (Å²) in [5.41, 5.74) is 4.19. The monoisotopic (exact) mass is 252 g/mol. The minimum Gasteiger partial charge on any atom is -0.0805 e. The van der Waals surface area contributed by atoms with Crippen LogP contribution in [0.15, 0.2) is 77.9 Å². The van der Waals surface area contributed by atoms with Gasteiger partial charge in [-0.15, -0.1) is 0 Å². The third-order valence-electron chi connectivity index (χ3n) is 2.85. The Morgan fingerprint density at radius 3 is 1.84 bits per heavy atom. The van der Waals surface area contributed by atoms with Crippen molar-refractivity contribution >= 4 is 0 Å². The maximum atomic E-state index is 2.21. The van der Waals surface area contributed by atoms with Crippen molar-refractivity contribution in [3.8, 4) is 0 Å². The Morgan fingerprint density at radius 2 is 1.63 bits per heavy atom. The van der Waals surface area contributed by atoms with Crippen LogP contribution in [0.3, 0.4) is 0 Å². The maximum Gasteiger partial charge on any atom is -0.0135 e. The Hall–Kier alpha value is -1.82. The molecule has 0 unspecified atom stereocenters. The second kappa shape index (κ2) is 9.16. The van der Waals surface area contributed by atoms with Crippen molar-refractivity contribution in [2.24, 2.45) is 0 Å². The smallest absolute Gasteiger partial charge is 0.0135 e. The molecule has 0 aliphatic heterocycles. The predicted octanol–water partition coefficient (Wildman–Crippen LogP) is 5.78. The summed E-state index contributed by atoms with van der Waals surface area (Å²) in [5, 5.41) is 0. The van der Waals surface area contributed by atoms with Crippen LogP contribution >= 0.6 is 0 Å². The van der Waals surface area contributed by atoms with Crippen LogP contribution < -0.4 is 0 Å². The van der Waals surface area contributed by atoms with Gasteiger partial charge in [0.25, 0.3) is 0 Å². The first kappa shape index (κ1) is 15.2. The number of benzene rings is 1. The number of hydrogen-bond donors (Lipinski definition) is 0. The molecule has 0 heterocycles. The maximum absolute atomic E-state index is 2.21. The van der Waals surface area contributed by atoms with Crippen LogP contribution in [0.25, 0.3) is 0 Å². The molecule has 0 aromatic heterocycles. The van der Waals surface area contributed by atoms with Gasteiger partial charge in [-0.2, -0.15) is 0 Å². The van der Waals surface area contributed by atoms with Gasteiger partial charge in [0.1, 0.15) is 0 Å². The van der Waals surface area contributed by atoms with Crippen molar-refractivity contribution in [2.45, 2.75) is 33.6 Å². The summed E-state index contributed by atoms with van der Waals surface area (Å²) in [4.78, 5) is 0. The topological polar surface area (TPSA) is 0 Å². The molecule has 3 rings (SSSR count). The molecule has 0 heteroatoms. The molecule has 0 N–H and O–H groups in total. The van der Waals surface area contributed by atoms with E-state index >= 15 is 0 Å². The fourth-order valence-electron chi connectivity index (χ4n) is 1.66. The molecule has 19 heavy (non-hydrogen) atoms. The summed E-state index contributed by atoms with van der Waals surface area (Å²) >= 11 is 0. The SMILES string of the molecule is CC1=CC=CC1.CC1=CCC=C1.Cc1ccccc1. The minimum absolute atomic E-state index is 1.14. The third-order valence-corrected chi connectivity index (χ3v) is 2.85. The first-order valence-corrected chi connectivity index (χ1v) is 6.86. The number of hydrogen-bond acceptors (Lipinski definition) is 0. The predicted molar refractivity (Wildman–Crippen MR) is 86.2 cm³/mol. The van der Waals surface area contributed by atoms with Crippen molar-refractivity contribution in [1.82, 2.24) is 0 Å². The summed E-state index contributed by atoms with van der Waals surface area (Å²) in [6.07, 6.45) is 15.2. The van der Waals surface area contributed by atoms with E-state index in [1.165, 1.54) is 23.1 Å². The molecule has 0 radical (unpaired) electrons. The molecule has 100 valence electrons. The first-order valence-electron chi connectivity index (χ1n) is 6.86. The Bertz CT molecular complexity index is 467. The summed E-state index contributed by atoms with van der Waals surface area (Å²) in [5.74, 6) is 0. The highest BCUT2D eigenvalue weighted by Gasteiger charge is 1.86. The van der Waals surface area contributed by atoms with E-state index in [-0.39, 0.29) is 0 Å². The molecule has 2 aliphatic rings. The second-order valence-corrected chi connectivity index (χ2v) is 4.89. The molecule has 0 saturated heterocycles. The Balaban J connectivity index is 0.000000143. The Morgan fingerprint density at radius 1 is 0.895 bits per heavy atom. The van der Waals surface area contributed by atoms with Crippen LogP contribution in [-0.2, 0) is 0 Å². The van der Waals surface area contributed by atoms with E-state index in [4.69, 9.17) is 0 Å². The van der Waals surface area contributed by atoms with Gasteiger partial charge in [-0.25, -0.2) is 0 Å². The molecular weight excluding hydrogens is 228 g/mol. The first-order chi connectivity index (χ1) is 9.18. The quantitative estimate of drug-likeness (QED) is 0.549. The van der Waals surface area contributed by atoms with Crippen molar-refractivity contribution < 1.29 is 0 Å². The average Bonchev–Trinajstić information content (AvgIpc) is 3.05. The lowest BCUT2D eigenvalue weighted by Crippen LogP contribution is -1.62. The van der Waals surface area contributed by atoms with Gasteiger partial charge in [0.2, 0.25) is 0 Å². The molecular formula is C19H24. The summed E-state index contributed by atoms with van der Waals surface area (Å²) < 4.78 is 0. The van der Waals surface area contributed by atoms with Gasteiger partial charge in [-0.1, -0.05) is 83.5 Å². The normalized spacial score (nSPS) is 14.9. The highest BCUT2D eigenvalue weighted by Crippen LogP contribution is 2.06. The highest BCUT2D eigenvalue weighted by atomic mass is 13.9. The molecule has 0 nitrogen and oxygen atoms in total. The van der Waals surface area contributed by atoms with Crippen molar-refractivity contribution in [3.63, 3.8) is 0 Å². The van der Waals surface area contributed by atoms with E-state index in [1.54, 1.807) is 0 Å².